The fourth-order valence-electron chi connectivity index (χ4n) is 2.50. The monoisotopic (exact) mass is 389 g/mol. The van der Waals surface area contributed by atoms with Crippen LogP contribution in [0.4, 0.5) is 0 Å². The number of benzene rings is 1. The molecule has 0 aromatic heterocycles. The first-order valence-electron chi connectivity index (χ1n) is 6.29. The van der Waals surface area contributed by atoms with E-state index in [2.05, 4.69) is 33.1 Å². The second kappa shape index (κ2) is 6.29. The van der Waals surface area contributed by atoms with Crippen LogP contribution in [0.15, 0.2) is 23.4 Å². The summed E-state index contributed by atoms with van der Waals surface area (Å²) in [5.74, 6) is -0.418. The van der Waals surface area contributed by atoms with Crippen molar-refractivity contribution in [2.24, 2.45) is 16.8 Å². The van der Waals surface area contributed by atoms with Gasteiger partial charge in [-0.05, 0) is 53.6 Å². The number of nitrogens with one attached hydrogen (secondary N) is 1. The average Bonchev–Trinajstić information content (AvgIpc) is 2.88. The highest BCUT2D eigenvalue weighted by Crippen LogP contribution is 2.27. The Balaban J connectivity index is 2.13. The number of nitrogens with two attached hydrogens (primary N) is 1. The van der Waals surface area contributed by atoms with Crippen molar-refractivity contribution in [2.75, 3.05) is 0 Å². The first kappa shape index (κ1) is 14.9. The molecular weight excluding hydrogens is 373 g/mol. The van der Waals surface area contributed by atoms with Gasteiger partial charge in [0, 0.05) is 15.5 Å². The topological polar surface area (TPSA) is 108 Å². The second-order valence-corrected chi connectivity index (χ2v) is 6.05. The molecule has 1 aromatic carbocycles. The molecule has 7 heteroatoms. The van der Waals surface area contributed by atoms with Crippen molar-refractivity contribution in [2.45, 2.75) is 25.3 Å². The quantitative estimate of drug-likeness (QED) is 0.207. The molecular formula is C13H16IN3O3. The first-order chi connectivity index (χ1) is 9.52. The third-order valence-electron chi connectivity index (χ3n) is 3.53. The smallest absolute Gasteiger partial charge is 0.255 e. The van der Waals surface area contributed by atoms with Crippen LogP contribution in [0.3, 0.4) is 0 Å². The number of phenols is 1. The van der Waals surface area contributed by atoms with Crippen LogP contribution in [0.25, 0.3) is 0 Å². The molecule has 0 aliphatic heterocycles. The lowest BCUT2D eigenvalue weighted by Crippen LogP contribution is -2.42. The number of amidine groups is 1. The summed E-state index contributed by atoms with van der Waals surface area (Å²) in [7, 11) is 0. The van der Waals surface area contributed by atoms with Crippen molar-refractivity contribution >= 4 is 34.3 Å². The highest BCUT2D eigenvalue weighted by Gasteiger charge is 2.32. The van der Waals surface area contributed by atoms with Crippen LogP contribution in [0.5, 0.6) is 5.75 Å². The normalized spacial score (nSPS) is 22.8. The summed E-state index contributed by atoms with van der Waals surface area (Å²) >= 11 is 2.08. The van der Waals surface area contributed by atoms with E-state index < -0.39 is 0 Å². The van der Waals surface area contributed by atoms with Crippen molar-refractivity contribution in [3.05, 3.63) is 27.3 Å². The van der Waals surface area contributed by atoms with Crippen LogP contribution >= 0.6 is 22.6 Å². The summed E-state index contributed by atoms with van der Waals surface area (Å²) in [4.78, 5) is 12.2. The molecule has 1 aliphatic rings. The average molecular weight is 389 g/mol. The Hall–Kier alpha value is -1.51. The number of hydrogen-bond donors (Lipinski definition) is 4. The predicted molar refractivity (Wildman–Crippen MR) is 82.8 cm³/mol. The number of amides is 1. The molecule has 0 bridgehead atoms. The number of carbonyl (C=O) groups is 1. The van der Waals surface area contributed by atoms with E-state index in [1.54, 1.807) is 12.1 Å². The molecule has 1 aromatic rings. The number of halogens is 1. The van der Waals surface area contributed by atoms with Gasteiger partial charge in [-0.25, -0.2) is 0 Å². The minimum Gasteiger partial charge on any atom is -0.507 e. The number of carbonyl (C=O) groups excluding carboxylic acids is 1. The second-order valence-electron chi connectivity index (χ2n) is 4.80. The summed E-state index contributed by atoms with van der Waals surface area (Å²) in [5, 5.41) is 24.4. The Bertz CT molecular complexity index is 548. The summed E-state index contributed by atoms with van der Waals surface area (Å²) < 4.78 is 0.866. The van der Waals surface area contributed by atoms with E-state index in [9.17, 15) is 9.90 Å². The van der Waals surface area contributed by atoms with Gasteiger partial charge in [0.15, 0.2) is 0 Å². The number of rotatable bonds is 3. The van der Waals surface area contributed by atoms with Gasteiger partial charge < -0.3 is 21.4 Å². The molecule has 5 N–H and O–H groups in total. The van der Waals surface area contributed by atoms with Crippen LogP contribution in [-0.2, 0) is 0 Å². The van der Waals surface area contributed by atoms with Gasteiger partial charge in [0.1, 0.15) is 11.6 Å². The molecule has 1 fully saturated rings. The van der Waals surface area contributed by atoms with Crippen molar-refractivity contribution < 1.29 is 15.1 Å². The first-order valence-corrected chi connectivity index (χ1v) is 7.37. The summed E-state index contributed by atoms with van der Waals surface area (Å²) in [5.41, 5.74) is 5.87. The summed E-state index contributed by atoms with van der Waals surface area (Å²) in [6, 6.07) is 4.67. The van der Waals surface area contributed by atoms with Gasteiger partial charge in [-0.3, -0.25) is 4.79 Å². The number of nitrogens with zero attached hydrogens (tertiary/aromatic N) is 1. The Morgan fingerprint density at radius 2 is 2.20 bits per heavy atom. The van der Waals surface area contributed by atoms with E-state index in [-0.39, 0.29) is 35.0 Å². The van der Waals surface area contributed by atoms with E-state index in [0.717, 1.165) is 22.8 Å². The van der Waals surface area contributed by atoms with E-state index in [1.165, 1.54) is 6.07 Å². The van der Waals surface area contributed by atoms with E-state index in [0.29, 0.717) is 0 Å². The lowest BCUT2D eigenvalue weighted by atomic mass is 10.0. The molecule has 0 spiro atoms. The zero-order valence-corrected chi connectivity index (χ0v) is 12.9. The summed E-state index contributed by atoms with van der Waals surface area (Å²) in [6.07, 6.45) is 2.46. The highest BCUT2D eigenvalue weighted by molar-refractivity contribution is 14.1. The minimum absolute atomic E-state index is 0.0544. The molecule has 108 valence electrons. The molecule has 6 nitrogen and oxygen atoms in total. The van der Waals surface area contributed by atoms with Gasteiger partial charge in [-0.15, -0.1) is 0 Å². The van der Waals surface area contributed by atoms with Gasteiger partial charge in [0.2, 0.25) is 0 Å². The lowest BCUT2D eigenvalue weighted by molar-refractivity contribution is 0.0930. The van der Waals surface area contributed by atoms with Gasteiger partial charge in [0.05, 0.1) is 5.56 Å². The molecule has 2 atom stereocenters. The molecule has 1 amide bonds. The maximum Gasteiger partial charge on any atom is 0.255 e. The number of phenolic OH excluding ortho intramolecular Hbond substituents is 1. The molecule has 2 unspecified atom stereocenters. The largest absolute Gasteiger partial charge is 0.507 e. The van der Waals surface area contributed by atoms with E-state index >= 15 is 0 Å². The van der Waals surface area contributed by atoms with Gasteiger partial charge >= 0.3 is 0 Å². The Morgan fingerprint density at radius 1 is 1.45 bits per heavy atom. The fourth-order valence-corrected chi connectivity index (χ4v) is 2.99. The van der Waals surface area contributed by atoms with E-state index in [4.69, 9.17) is 10.9 Å². The van der Waals surface area contributed by atoms with Gasteiger partial charge in [-0.1, -0.05) is 11.6 Å². The fraction of sp³-hybridized carbons (Fsp3) is 0.385. The Kier molecular flexibility index (Phi) is 4.69. The third-order valence-corrected chi connectivity index (χ3v) is 4.20. The standard InChI is InChI=1S/C13H16IN3O3/c14-7-4-5-11(18)9(6-7)13(19)16-10-3-1-2-8(10)12(15)17-20/h4-6,8,10,18,20H,1-3H2,(H2,15,17)(H,16,19). The van der Waals surface area contributed by atoms with Gasteiger partial charge in [0.25, 0.3) is 5.91 Å². The molecule has 2 rings (SSSR count). The zero-order chi connectivity index (χ0) is 14.7. The van der Waals surface area contributed by atoms with Crippen molar-refractivity contribution in [1.82, 2.24) is 5.32 Å². The van der Waals surface area contributed by atoms with Crippen LogP contribution in [-0.4, -0.2) is 28.1 Å². The van der Waals surface area contributed by atoms with Crippen molar-refractivity contribution in [1.29, 1.82) is 0 Å². The maximum atomic E-state index is 12.2. The number of hydrogen-bond acceptors (Lipinski definition) is 4. The van der Waals surface area contributed by atoms with Crippen LogP contribution in [0, 0.1) is 9.49 Å². The van der Waals surface area contributed by atoms with Crippen LogP contribution in [0.2, 0.25) is 0 Å². The lowest BCUT2D eigenvalue weighted by Gasteiger charge is -2.20. The molecule has 0 saturated heterocycles. The zero-order valence-electron chi connectivity index (χ0n) is 10.7. The van der Waals surface area contributed by atoms with Gasteiger partial charge in [-0.2, -0.15) is 0 Å². The van der Waals surface area contributed by atoms with Crippen molar-refractivity contribution in [3.63, 3.8) is 0 Å². The third kappa shape index (κ3) is 3.14. The molecule has 1 saturated carbocycles. The Morgan fingerprint density at radius 3 is 2.90 bits per heavy atom. The number of aromatic hydroxyl groups is 1. The van der Waals surface area contributed by atoms with Crippen LogP contribution < -0.4 is 11.1 Å². The van der Waals surface area contributed by atoms with Crippen LogP contribution in [0.1, 0.15) is 29.6 Å². The van der Waals surface area contributed by atoms with E-state index in [1.807, 2.05) is 0 Å². The molecule has 20 heavy (non-hydrogen) atoms. The highest BCUT2D eigenvalue weighted by atomic mass is 127. The number of oxime groups is 1. The predicted octanol–water partition coefficient (Wildman–Crippen LogP) is 1.64. The molecule has 0 heterocycles. The Labute approximate surface area is 130 Å². The minimum atomic E-state index is -0.344. The molecule has 1 aliphatic carbocycles. The SMILES string of the molecule is N/C(=N/O)C1CCCC1NC(=O)c1cc(I)ccc1O. The van der Waals surface area contributed by atoms with Crippen molar-refractivity contribution in [3.8, 4) is 5.75 Å². The summed E-state index contributed by atoms with van der Waals surface area (Å²) in [6.45, 7) is 0. The molecule has 0 radical (unpaired) electrons. The maximum absolute atomic E-state index is 12.2.